The Balaban J connectivity index is 3.14. The maximum Gasteiger partial charge on any atom is 0.343 e. The van der Waals surface area contributed by atoms with Crippen LogP contribution < -0.4 is 0 Å². The first kappa shape index (κ1) is 9.17. The van der Waals surface area contributed by atoms with Gasteiger partial charge >= 0.3 is 5.82 Å². The minimum atomic E-state index is -0.560. The lowest BCUT2D eigenvalue weighted by Crippen LogP contribution is -2.06. The fourth-order valence-electron chi connectivity index (χ4n) is 0.867. The molecule has 1 heterocycles. The average Bonchev–Trinajstić information content (AvgIpc) is 2.32. The molecule has 70 valence electrons. The number of nitrogens with zero attached hydrogens (tertiary/aromatic N) is 4. The summed E-state index contributed by atoms with van der Waals surface area (Å²) in [6, 6.07) is 0. The summed E-state index contributed by atoms with van der Waals surface area (Å²) in [4.78, 5) is 13.5. The third-order valence-corrected chi connectivity index (χ3v) is 1.48. The van der Waals surface area contributed by atoms with Gasteiger partial charge in [0, 0.05) is 0 Å². The smallest absolute Gasteiger partial charge is 0.343 e. The quantitative estimate of drug-likeness (QED) is 0.211. The van der Waals surface area contributed by atoms with E-state index < -0.39 is 4.92 Å². The largest absolute Gasteiger partial charge is 0.624 e. The van der Waals surface area contributed by atoms with Crippen LogP contribution in [0.3, 0.4) is 0 Å². The van der Waals surface area contributed by atoms with Gasteiger partial charge in [-0.3, -0.25) is 0 Å². The summed E-state index contributed by atoms with van der Waals surface area (Å²) < 4.78 is 1.76. The van der Waals surface area contributed by atoms with Gasteiger partial charge in [0.25, 0.3) is 5.82 Å². The van der Waals surface area contributed by atoms with Crippen molar-refractivity contribution in [1.82, 2.24) is 9.55 Å². The van der Waals surface area contributed by atoms with Gasteiger partial charge in [-0.05, 0) is 4.92 Å². The number of hydroxylamine groups is 1. The van der Waals surface area contributed by atoms with E-state index in [-0.39, 0.29) is 11.6 Å². The van der Waals surface area contributed by atoms with E-state index in [2.05, 4.69) is 4.98 Å². The van der Waals surface area contributed by atoms with Crippen molar-refractivity contribution in [3.63, 3.8) is 0 Å². The molecule has 0 atom stereocenters. The number of hydrogen-bond acceptors (Lipinski definition) is 4. The van der Waals surface area contributed by atoms with Gasteiger partial charge in [-0.2, -0.15) is 0 Å². The maximum atomic E-state index is 10.6. The zero-order chi connectivity index (χ0) is 10.0. The Hall–Kier alpha value is -1.92. The number of hydrogen-bond donors (Lipinski definition) is 0. The average molecular weight is 184 g/mol. The minimum Gasteiger partial charge on any atom is -0.624 e. The summed E-state index contributed by atoms with van der Waals surface area (Å²) in [5.41, 5.74) is 0. The second kappa shape index (κ2) is 3.21. The fraction of sp³-hybridized carbons (Fsp3) is 0.333. The highest BCUT2D eigenvalue weighted by molar-refractivity contribution is 5.71. The molecule has 1 aromatic heterocycles. The Morgan fingerprint density at radius 2 is 2.23 bits per heavy atom. The lowest BCUT2D eigenvalue weighted by molar-refractivity contribution is -0.417. The molecule has 0 saturated heterocycles. The van der Waals surface area contributed by atoms with Crippen LogP contribution in [0.4, 0.5) is 5.82 Å². The molecular weight excluding hydrogens is 176 g/mol. The zero-order valence-corrected chi connectivity index (χ0v) is 7.17. The van der Waals surface area contributed by atoms with Crippen LogP contribution in [0.5, 0.6) is 0 Å². The molecule has 0 radical (unpaired) electrons. The van der Waals surface area contributed by atoms with Crippen molar-refractivity contribution in [2.75, 3.05) is 7.05 Å². The van der Waals surface area contributed by atoms with Crippen molar-refractivity contribution < 1.29 is 9.66 Å². The van der Waals surface area contributed by atoms with Crippen LogP contribution in [0, 0.1) is 15.3 Å². The monoisotopic (exact) mass is 184 g/mol. The molecule has 0 aliphatic rings. The van der Waals surface area contributed by atoms with Crippen molar-refractivity contribution in [2.24, 2.45) is 7.05 Å². The Kier molecular flexibility index (Phi) is 2.27. The summed E-state index contributed by atoms with van der Waals surface area (Å²) in [6.07, 6.45) is 2.27. The van der Waals surface area contributed by atoms with Gasteiger partial charge in [-0.25, -0.2) is 14.3 Å². The highest BCUT2D eigenvalue weighted by Gasteiger charge is 2.16. The standard InChI is InChI=1S/C6H8N4O3/c1-8(11)4-5-7-3-6(9(5)2)10(12)13/h3-4H,1-2H3/b8-4+. The fourth-order valence-corrected chi connectivity index (χ4v) is 0.867. The number of nitro groups is 1. The molecule has 0 amide bonds. The molecular formula is C6H8N4O3. The first-order valence-corrected chi connectivity index (χ1v) is 3.43. The van der Waals surface area contributed by atoms with Crippen molar-refractivity contribution in [3.05, 3.63) is 27.3 Å². The third kappa shape index (κ3) is 1.81. The summed E-state index contributed by atoms with van der Waals surface area (Å²) in [7, 11) is 2.75. The van der Waals surface area contributed by atoms with Crippen LogP contribution in [-0.2, 0) is 7.05 Å². The van der Waals surface area contributed by atoms with E-state index in [1.807, 2.05) is 0 Å². The molecule has 0 aliphatic heterocycles. The molecule has 0 bridgehead atoms. The molecule has 0 unspecified atom stereocenters. The van der Waals surface area contributed by atoms with E-state index in [1.165, 1.54) is 18.7 Å². The maximum absolute atomic E-state index is 10.6. The molecule has 7 heteroatoms. The molecule has 0 aromatic carbocycles. The molecule has 0 N–H and O–H groups in total. The highest BCUT2D eigenvalue weighted by Crippen LogP contribution is 2.09. The molecule has 0 aliphatic carbocycles. The van der Waals surface area contributed by atoms with Crippen LogP contribution in [0.15, 0.2) is 6.20 Å². The third-order valence-electron chi connectivity index (χ3n) is 1.48. The SMILES string of the molecule is Cn1c([N+](=O)[O-])cnc1/C=[N+](\C)[O-]. The summed E-state index contributed by atoms with van der Waals surface area (Å²) >= 11 is 0. The van der Waals surface area contributed by atoms with Gasteiger partial charge in [0.1, 0.15) is 13.2 Å². The summed E-state index contributed by atoms with van der Waals surface area (Å²) in [6.45, 7) is 0. The highest BCUT2D eigenvalue weighted by atomic mass is 16.6. The van der Waals surface area contributed by atoms with E-state index >= 15 is 0 Å². The molecule has 1 aromatic rings. The second-order valence-corrected chi connectivity index (χ2v) is 2.47. The van der Waals surface area contributed by atoms with Crippen molar-refractivity contribution in [3.8, 4) is 0 Å². The van der Waals surface area contributed by atoms with Crippen molar-refractivity contribution in [1.29, 1.82) is 0 Å². The van der Waals surface area contributed by atoms with E-state index in [9.17, 15) is 15.3 Å². The predicted octanol–water partition coefficient (Wildman–Crippen LogP) is -0.113. The first-order valence-electron chi connectivity index (χ1n) is 3.43. The first-order chi connectivity index (χ1) is 6.02. The lowest BCUT2D eigenvalue weighted by Gasteiger charge is -1.94. The summed E-state index contributed by atoms with van der Waals surface area (Å²) in [5, 5.41) is 20.9. The van der Waals surface area contributed by atoms with Gasteiger partial charge in [0.2, 0.25) is 6.21 Å². The van der Waals surface area contributed by atoms with Gasteiger partial charge in [0.15, 0.2) is 0 Å². The molecule has 7 nitrogen and oxygen atoms in total. The van der Waals surface area contributed by atoms with Gasteiger partial charge in [-0.1, -0.05) is 0 Å². The van der Waals surface area contributed by atoms with Crippen molar-refractivity contribution in [2.45, 2.75) is 0 Å². The Bertz CT molecular complexity index is 364. The topological polar surface area (TPSA) is 87.0 Å². The van der Waals surface area contributed by atoms with Gasteiger partial charge in [-0.15, -0.1) is 0 Å². The van der Waals surface area contributed by atoms with Gasteiger partial charge < -0.3 is 15.3 Å². The van der Waals surface area contributed by atoms with Crippen LogP contribution in [0.25, 0.3) is 0 Å². The minimum absolute atomic E-state index is 0.145. The predicted molar refractivity (Wildman–Crippen MR) is 44.6 cm³/mol. The molecule has 13 heavy (non-hydrogen) atoms. The molecule has 0 fully saturated rings. The lowest BCUT2D eigenvalue weighted by atomic mass is 10.6. The van der Waals surface area contributed by atoms with E-state index in [0.717, 1.165) is 12.4 Å². The molecule has 0 spiro atoms. The van der Waals surface area contributed by atoms with E-state index in [0.29, 0.717) is 4.74 Å². The number of rotatable bonds is 2. The van der Waals surface area contributed by atoms with E-state index in [4.69, 9.17) is 0 Å². The van der Waals surface area contributed by atoms with Crippen molar-refractivity contribution >= 4 is 12.0 Å². The van der Waals surface area contributed by atoms with Crippen LogP contribution in [-0.4, -0.2) is 32.5 Å². The van der Waals surface area contributed by atoms with Crippen LogP contribution >= 0.6 is 0 Å². The summed E-state index contributed by atoms with van der Waals surface area (Å²) in [5.74, 6) is 0.109. The Labute approximate surface area is 73.7 Å². The molecule has 0 saturated carbocycles. The number of imidazole rings is 1. The zero-order valence-electron chi connectivity index (χ0n) is 7.17. The van der Waals surface area contributed by atoms with Crippen LogP contribution in [0.1, 0.15) is 5.82 Å². The van der Waals surface area contributed by atoms with Gasteiger partial charge in [0.05, 0.1) is 7.05 Å². The van der Waals surface area contributed by atoms with E-state index in [1.54, 1.807) is 0 Å². The second-order valence-electron chi connectivity index (χ2n) is 2.47. The Morgan fingerprint density at radius 1 is 1.62 bits per heavy atom. The molecule has 1 rings (SSSR count). The normalized spacial score (nSPS) is 11.7. The number of aromatic nitrogens is 2. The Morgan fingerprint density at radius 3 is 2.62 bits per heavy atom. The van der Waals surface area contributed by atoms with Crippen LogP contribution in [0.2, 0.25) is 0 Å².